The molecule has 0 aromatic carbocycles. The Morgan fingerprint density at radius 2 is 1.62 bits per heavy atom. The molecule has 2 aliphatic heterocycles. The van der Waals surface area contributed by atoms with Gasteiger partial charge in [0, 0.05) is 0 Å². The van der Waals surface area contributed by atoms with Gasteiger partial charge in [-0.15, -0.1) is 0 Å². The molecule has 13 heavy (non-hydrogen) atoms. The summed E-state index contributed by atoms with van der Waals surface area (Å²) in [5.41, 5.74) is 0. The molecule has 1 heteroatoms. The van der Waals surface area contributed by atoms with Crippen molar-refractivity contribution in [3.05, 3.63) is 0 Å². The van der Waals surface area contributed by atoms with E-state index in [0.29, 0.717) is 0 Å². The van der Waals surface area contributed by atoms with Crippen molar-refractivity contribution in [1.29, 1.82) is 0 Å². The lowest BCUT2D eigenvalue weighted by Gasteiger charge is -2.45. The predicted octanol–water partition coefficient (Wildman–Crippen LogP) is 4.25. The van der Waals surface area contributed by atoms with Crippen molar-refractivity contribution >= 4 is 6.71 Å². The van der Waals surface area contributed by atoms with Crippen LogP contribution in [0.25, 0.3) is 0 Å². The summed E-state index contributed by atoms with van der Waals surface area (Å²) in [6.07, 6.45) is 7.64. The fourth-order valence-electron chi connectivity index (χ4n) is 4.18. The second-order valence-corrected chi connectivity index (χ2v) is 5.85. The third-order valence-corrected chi connectivity index (χ3v) is 4.42. The Bertz CT molecular complexity index is 162. The summed E-state index contributed by atoms with van der Waals surface area (Å²) >= 11 is 0. The molecule has 2 fully saturated rings. The lowest BCUT2D eigenvalue weighted by Crippen LogP contribution is -2.39. The Hall–Kier alpha value is 0.0649. The molecule has 2 rings (SSSR count). The minimum atomic E-state index is 0.933. The first-order valence-electron chi connectivity index (χ1n) is 6.18. The van der Waals surface area contributed by atoms with E-state index in [1.54, 1.807) is 0 Å². The van der Waals surface area contributed by atoms with E-state index in [9.17, 15) is 0 Å². The quantitative estimate of drug-likeness (QED) is 0.526. The van der Waals surface area contributed by atoms with Gasteiger partial charge in [-0.1, -0.05) is 70.3 Å². The van der Waals surface area contributed by atoms with E-state index in [-0.39, 0.29) is 0 Å². The SMILES string of the molecule is CC1CC2CCCC(C1)B2C(C)C. The van der Waals surface area contributed by atoms with Crippen LogP contribution in [-0.2, 0) is 0 Å². The van der Waals surface area contributed by atoms with Gasteiger partial charge in [0.2, 0.25) is 0 Å². The molecular formula is C12H23B. The fourth-order valence-corrected chi connectivity index (χ4v) is 4.18. The Kier molecular flexibility index (Phi) is 2.71. The summed E-state index contributed by atoms with van der Waals surface area (Å²) in [5, 5.41) is 0. The summed E-state index contributed by atoms with van der Waals surface area (Å²) in [6.45, 7) is 8.41. The number of hydrogen-bond donors (Lipinski definition) is 0. The van der Waals surface area contributed by atoms with Crippen molar-refractivity contribution in [1.82, 2.24) is 0 Å². The second kappa shape index (κ2) is 3.67. The van der Waals surface area contributed by atoms with Gasteiger partial charge in [0.25, 0.3) is 0 Å². The van der Waals surface area contributed by atoms with Gasteiger partial charge in [-0.05, 0) is 5.92 Å². The van der Waals surface area contributed by atoms with Crippen molar-refractivity contribution < 1.29 is 0 Å². The molecule has 0 saturated carbocycles. The highest BCUT2D eigenvalue weighted by Crippen LogP contribution is 2.51. The molecule has 0 radical (unpaired) electrons. The molecule has 0 aliphatic carbocycles. The second-order valence-electron chi connectivity index (χ2n) is 5.85. The third kappa shape index (κ3) is 1.80. The van der Waals surface area contributed by atoms with E-state index in [2.05, 4.69) is 20.8 Å². The molecule has 2 atom stereocenters. The fraction of sp³-hybridized carbons (Fsp3) is 1.00. The van der Waals surface area contributed by atoms with E-state index < -0.39 is 0 Å². The van der Waals surface area contributed by atoms with Gasteiger partial charge >= 0.3 is 0 Å². The van der Waals surface area contributed by atoms with E-state index >= 15 is 0 Å². The van der Waals surface area contributed by atoms with E-state index in [1.165, 1.54) is 32.1 Å². The molecule has 2 bridgehead atoms. The molecular weight excluding hydrogens is 155 g/mol. The summed E-state index contributed by atoms with van der Waals surface area (Å²) in [6, 6.07) is 0. The molecule has 0 spiro atoms. The Morgan fingerprint density at radius 3 is 2.08 bits per heavy atom. The normalized spacial score (nSPS) is 39.7. The first-order chi connectivity index (χ1) is 6.18. The van der Waals surface area contributed by atoms with Crippen molar-refractivity contribution in [3.63, 3.8) is 0 Å². The first-order valence-corrected chi connectivity index (χ1v) is 6.18. The first kappa shape index (κ1) is 9.61. The maximum absolute atomic E-state index is 2.46. The zero-order valence-electron chi connectivity index (χ0n) is 9.42. The zero-order valence-corrected chi connectivity index (χ0v) is 9.42. The van der Waals surface area contributed by atoms with E-state index in [4.69, 9.17) is 0 Å². The molecule has 74 valence electrons. The smallest absolute Gasteiger partial charge is 0.0693 e. The van der Waals surface area contributed by atoms with Crippen LogP contribution in [0.5, 0.6) is 0 Å². The Labute approximate surface area is 83.6 Å². The van der Waals surface area contributed by atoms with E-state index in [1.807, 2.05) is 0 Å². The lowest BCUT2D eigenvalue weighted by molar-refractivity contribution is 0.354. The average Bonchev–Trinajstić information content (AvgIpc) is 2.01. The van der Waals surface area contributed by atoms with Crippen molar-refractivity contribution in [2.75, 3.05) is 0 Å². The highest BCUT2D eigenvalue weighted by atomic mass is 14.3. The molecule has 0 aromatic rings. The van der Waals surface area contributed by atoms with E-state index in [0.717, 1.165) is 30.1 Å². The molecule has 2 saturated heterocycles. The van der Waals surface area contributed by atoms with Crippen LogP contribution < -0.4 is 0 Å². The van der Waals surface area contributed by atoms with Crippen molar-refractivity contribution in [3.8, 4) is 0 Å². The van der Waals surface area contributed by atoms with Crippen LogP contribution in [-0.4, -0.2) is 6.71 Å². The van der Waals surface area contributed by atoms with Gasteiger partial charge in [0.05, 0.1) is 0 Å². The predicted molar refractivity (Wildman–Crippen MR) is 60.6 cm³/mol. The molecule has 0 aromatic heterocycles. The lowest BCUT2D eigenvalue weighted by atomic mass is 9.22. The molecule has 2 aliphatic rings. The van der Waals surface area contributed by atoms with Gasteiger partial charge in [-0.3, -0.25) is 0 Å². The topological polar surface area (TPSA) is 0 Å². The van der Waals surface area contributed by atoms with Crippen LogP contribution in [0.2, 0.25) is 17.5 Å². The monoisotopic (exact) mass is 178 g/mol. The number of hydrogen-bond acceptors (Lipinski definition) is 0. The highest BCUT2D eigenvalue weighted by molar-refractivity contribution is 6.64. The van der Waals surface area contributed by atoms with Crippen LogP contribution in [0.4, 0.5) is 0 Å². The highest BCUT2D eigenvalue weighted by Gasteiger charge is 2.42. The molecule has 2 unspecified atom stereocenters. The molecule has 2 heterocycles. The van der Waals surface area contributed by atoms with Crippen LogP contribution in [0.15, 0.2) is 0 Å². The third-order valence-electron chi connectivity index (χ3n) is 4.42. The maximum atomic E-state index is 2.46. The summed E-state index contributed by atoms with van der Waals surface area (Å²) in [7, 11) is 0. The van der Waals surface area contributed by atoms with Crippen molar-refractivity contribution in [2.45, 2.75) is 70.3 Å². The molecule has 0 nitrogen and oxygen atoms in total. The Morgan fingerprint density at radius 1 is 1.08 bits per heavy atom. The summed E-state index contributed by atoms with van der Waals surface area (Å²) in [4.78, 5) is 0. The number of fused-ring (bicyclic) bond motifs is 2. The Balaban J connectivity index is 2.10. The largest absolute Gasteiger partial charge is 0.149 e. The minimum Gasteiger partial charge on any atom is -0.0693 e. The van der Waals surface area contributed by atoms with Crippen LogP contribution in [0.3, 0.4) is 0 Å². The zero-order chi connectivity index (χ0) is 9.42. The van der Waals surface area contributed by atoms with Gasteiger partial charge < -0.3 is 0 Å². The number of rotatable bonds is 1. The average molecular weight is 178 g/mol. The van der Waals surface area contributed by atoms with Gasteiger partial charge in [-0.25, -0.2) is 0 Å². The van der Waals surface area contributed by atoms with Crippen LogP contribution >= 0.6 is 0 Å². The van der Waals surface area contributed by atoms with Gasteiger partial charge in [0.1, 0.15) is 6.71 Å². The molecule has 0 N–H and O–H groups in total. The van der Waals surface area contributed by atoms with Crippen LogP contribution in [0, 0.1) is 5.92 Å². The molecule has 0 amide bonds. The minimum absolute atomic E-state index is 0.933. The van der Waals surface area contributed by atoms with Gasteiger partial charge in [0.15, 0.2) is 0 Å². The van der Waals surface area contributed by atoms with Gasteiger partial charge in [-0.2, -0.15) is 0 Å². The van der Waals surface area contributed by atoms with Crippen molar-refractivity contribution in [2.24, 2.45) is 5.92 Å². The summed E-state index contributed by atoms with van der Waals surface area (Å²) in [5.74, 6) is 4.12. The maximum Gasteiger partial charge on any atom is 0.149 e. The standard InChI is InChI=1S/C12H23B/c1-9(2)13-11-5-4-6-12(13)8-10(3)7-11/h9-12H,4-8H2,1-3H3. The van der Waals surface area contributed by atoms with Crippen LogP contribution in [0.1, 0.15) is 52.9 Å². The summed E-state index contributed by atoms with van der Waals surface area (Å²) < 4.78 is 0.